The van der Waals surface area contributed by atoms with Crippen molar-refractivity contribution in [3.05, 3.63) is 71.3 Å². The highest BCUT2D eigenvalue weighted by atomic mass is 32.1. The number of nitrogens with one attached hydrogen (secondary N) is 2. The summed E-state index contributed by atoms with van der Waals surface area (Å²) in [5.74, 6) is 0. The standard InChI is InChI=1S/C20H13N3S/c1-2-14-10-16-4-6-18(23-16)12-20-8-7-19(24-20)11-17-5-3-15(22-17)9-13(1)21-14/h1-12,21H/p+1. The van der Waals surface area contributed by atoms with Gasteiger partial charge in [-0.15, -0.1) is 11.3 Å². The Labute approximate surface area is 142 Å². The minimum atomic E-state index is 0.965. The Morgan fingerprint density at radius 3 is 2.21 bits per heavy atom. The molecule has 0 aromatic carbocycles. The van der Waals surface area contributed by atoms with Gasteiger partial charge in [0.1, 0.15) is 0 Å². The minimum absolute atomic E-state index is 0.965. The van der Waals surface area contributed by atoms with Gasteiger partial charge in [-0.2, -0.15) is 0 Å². The van der Waals surface area contributed by atoms with Crippen LogP contribution in [0.3, 0.4) is 0 Å². The first-order chi connectivity index (χ1) is 11.8. The van der Waals surface area contributed by atoms with Gasteiger partial charge in [0.25, 0.3) is 0 Å². The van der Waals surface area contributed by atoms with E-state index in [1.165, 1.54) is 9.40 Å². The number of aromatic amines is 2. The smallest absolute Gasteiger partial charge is 0.206 e. The molecule has 4 heteroatoms. The lowest BCUT2D eigenvalue weighted by Crippen LogP contribution is -2.03. The molecule has 0 fully saturated rings. The molecule has 0 amide bonds. The number of hydrogen-bond acceptors (Lipinski definition) is 2. The van der Waals surface area contributed by atoms with Crippen molar-refractivity contribution in [3.63, 3.8) is 0 Å². The third kappa shape index (κ3) is 2.57. The molecule has 3 aromatic heterocycles. The molecule has 2 N–H and O–H groups in total. The third-order valence-corrected chi connectivity index (χ3v) is 4.97. The summed E-state index contributed by atoms with van der Waals surface area (Å²) < 4.78 is 2.43. The minimum Gasteiger partial charge on any atom is -0.355 e. The average Bonchev–Trinajstić information content (AvgIpc) is 3.32. The molecule has 0 radical (unpaired) electrons. The van der Waals surface area contributed by atoms with Gasteiger partial charge in [0, 0.05) is 44.7 Å². The van der Waals surface area contributed by atoms with Crippen LogP contribution in [0.4, 0.5) is 0 Å². The number of fused-ring (bicyclic) bond motifs is 8. The van der Waals surface area contributed by atoms with Crippen molar-refractivity contribution in [3.8, 4) is 0 Å². The predicted octanol–water partition coefficient (Wildman–Crippen LogP) is 4.81. The number of H-pyrrole nitrogens is 2. The van der Waals surface area contributed by atoms with Gasteiger partial charge >= 0.3 is 0 Å². The van der Waals surface area contributed by atoms with Gasteiger partial charge < -0.3 is 4.98 Å². The van der Waals surface area contributed by atoms with Gasteiger partial charge in [-0.3, -0.25) is 0 Å². The molecule has 3 aromatic rings. The molecule has 0 saturated carbocycles. The predicted molar refractivity (Wildman–Crippen MR) is 101 cm³/mol. The average molecular weight is 328 g/mol. The van der Waals surface area contributed by atoms with Crippen molar-refractivity contribution < 1.29 is 4.98 Å². The van der Waals surface area contributed by atoms with Crippen LogP contribution in [0.5, 0.6) is 0 Å². The lowest BCUT2D eigenvalue weighted by atomic mass is 10.3. The van der Waals surface area contributed by atoms with Crippen LogP contribution in [0, 0.1) is 0 Å². The van der Waals surface area contributed by atoms with Crippen molar-refractivity contribution >= 4 is 56.1 Å². The van der Waals surface area contributed by atoms with E-state index in [4.69, 9.17) is 0 Å². The van der Waals surface area contributed by atoms with E-state index in [9.17, 15) is 0 Å². The van der Waals surface area contributed by atoms with Gasteiger partial charge in [-0.05, 0) is 48.6 Å². The molecule has 5 rings (SSSR count). The molecule has 0 unspecified atom stereocenters. The van der Waals surface area contributed by atoms with E-state index in [1.54, 1.807) is 11.3 Å². The number of rotatable bonds is 0. The van der Waals surface area contributed by atoms with Crippen molar-refractivity contribution in [1.29, 1.82) is 0 Å². The van der Waals surface area contributed by atoms with E-state index in [-0.39, 0.29) is 0 Å². The van der Waals surface area contributed by atoms with Gasteiger partial charge in [0.05, 0.1) is 11.4 Å². The molecule has 0 spiro atoms. The number of nitrogens with zero attached hydrogens (tertiary/aromatic N) is 1. The highest BCUT2D eigenvalue weighted by Crippen LogP contribution is 2.21. The number of aromatic nitrogens is 3. The summed E-state index contributed by atoms with van der Waals surface area (Å²) in [6.45, 7) is 0. The third-order valence-electron chi connectivity index (χ3n) is 4.00. The zero-order valence-electron chi connectivity index (χ0n) is 12.8. The summed E-state index contributed by atoms with van der Waals surface area (Å²) in [6.07, 6.45) is 8.30. The molecule has 8 bridgehead atoms. The van der Waals surface area contributed by atoms with E-state index >= 15 is 0 Å². The molecule has 0 aliphatic carbocycles. The van der Waals surface area contributed by atoms with E-state index in [0.29, 0.717) is 0 Å². The van der Waals surface area contributed by atoms with Crippen LogP contribution in [-0.2, 0) is 0 Å². The van der Waals surface area contributed by atoms with Crippen LogP contribution >= 0.6 is 11.3 Å². The highest BCUT2D eigenvalue weighted by molar-refractivity contribution is 7.23. The summed E-state index contributed by atoms with van der Waals surface area (Å²) >= 11 is 1.76. The van der Waals surface area contributed by atoms with Crippen molar-refractivity contribution in [2.75, 3.05) is 0 Å². The Kier molecular flexibility index (Phi) is 2.96. The molecule has 2 aliphatic rings. The van der Waals surface area contributed by atoms with E-state index in [2.05, 4.69) is 81.7 Å². The van der Waals surface area contributed by atoms with Gasteiger partial charge in [-0.25, -0.2) is 9.97 Å². The van der Waals surface area contributed by atoms with E-state index in [0.717, 1.165) is 33.8 Å². The molecule has 0 saturated heterocycles. The first-order valence-corrected chi connectivity index (χ1v) is 8.62. The fraction of sp³-hybridized carbons (Fsp3) is 0. The first kappa shape index (κ1) is 13.5. The van der Waals surface area contributed by atoms with Gasteiger partial charge in [0.2, 0.25) is 11.4 Å². The fourth-order valence-electron chi connectivity index (χ4n) is 2.90. The van der Waals surface area contributed by atoms with Gasteiger partial charge in [0.15, 0.2) is 0 Å². The fourth-order valence-corrected chi connectivity index (χ4v) is 3.81. The number of hydrogen-bond donors (Lipinski definition) is 1. The van der Waals surface area contributed by atoms with Crippen LogP contribution < -0.4 is 4.98 Å². The Hall–Kier alpha value is -2.98. The molecule has 5 heterocycles. The maximum atomic E-state index is 4.67. The van der Waals surface area contributed by atoms with Crippen LogP contribution in [0.25, 0.3) is 44.7 Å². The van der Waals surface area contributed by atoms with Crippen LogP contribution in [0.15, 0.2) is 48.5 Å². The Morgan fingerprint density at radius 1 is 0.708 bits per heavy atom. The number of thiophene rings is 1. The first-order valence-electron chi connectivity index (χ1n) is 7.81. The second kappa shape index (κ2) is 5.28. The summed E-state index contributed by atoms with van der Waals surface area (Å²) in [5.41, 5.74) is 6.26. The summed E-state index contributed by atoms with van der Waals surface area (Å²) in [4.78, 5) is 11.5. The second-order valence-corrected chi connectivity index (χ2v) is 7.00. The largest absolute Gasteiger partial charge is 0.355 e. The van der Waals surface area contributed by atoms with Crippen molar-refractivity contribution in [2.24, 2.45) is 0 Å². The molecule has 114 valence electrons. The SMILES string of the molecule is C1=Cc2cc3ccc(cc4[nH+]c(cc5ccc(cc1n2)[nH]5)C=C4)s3. The lowest BCUT2D eigenvalue weighted by molar-refractivity contribution is -0.379. The zero-order chi connectivity index (χ0) is 15.9. The normalized spacial score (nSPS) is 12.7. The molecule has 3 nitrogen and oxygen atoms in total. The molecular weight excluding hydrogens is 314 g/mol. The highest BCUT2D eigenvalue weighted by Gasteiger charge is 2.06. The monoisotopic (exact) mass is 328 g/mol. The summed E-state index contributed by atoms with van der Waals surface area (Å²) in [6, 6.07) is 16.9. The molecule has 24 heavy (non-hydrogen) atoms. The van der Waals surface area contributed by atoms with Crippen LogP contribution in [0.1, 0.15) is 22.8 Å². The van der Waals surface area contributed by atoms with E-state index in [1.807, 2.05) is 6.08 Å². The lowest BCUT2D eigenvalue weighted by Gasteiger charge is -1.83. The Balaban J connectivity index is 1.85. The molecular formula is C20H14N3S+. The van der Waals surface area contributed by atoms with Crippen LogP contribution in [-0.4, -0.2) is 9.97 Å². The zero-order valence-corrected chi connectivity index (χ0v) is 13.6. The second-order valence-electron chi connectivity index (χ2n) is 5.85. The topological polar surface area (TPSA) is 42.8 Å². The maximum Gasteiger partial charge on any atom is 0.206 e. The van der Waals surface area contributed by atoms with Crippen molar-refractivity contribution in [1.82, 2.24) is 9.97 Å². The molecule has 0 atom stereocenters. The summed E-state index contributed by atoms with van der Waals surface area (Å²) in [7, 11) is 0. The Morgan fingerprint density at radius 2 is 1.38 bits per heavy atom. The summed E-state index contributed by atoms with van der Waals surface area (Å²) in [5, 5.41) is 0. The quantitative estimate of drug-likeness (QED) is 0.435. The van der Waals surface area contributed by atoms with Gasteiger partial charge in [-0.1, -0.05) is 0 Å². The van der Waals surface area contributed by atoms with Crippen LogP contribution in [0.2, 0.25) is 0 Å². The van der Waals surface area contributed by atoms with E-state index < -0.39 is 0 Å². The Bertz CT molecular complexity index is 987. The molecule has 2 aliphatic heterocycles. The van der Waals surface area contributed by atoms with Crippen molar-refractivity contribution in [2.45, 2.75) is 0 Å². The maximum absolute atomic E-state index is 4.67.